The van der Waals surface area contributed by atoms with E-state index in [4.69, 9.17) is 32.7 Å². The van der Waals surface area contributed by atoms with E-state index in [-0.39, 0.29) is 24.8 Å². The topological polar surface area (TPSA) is 84.5 Å². The number of aromatic nitrogens is 2. The van der Waals surface area contributed by atoms with E-state index in [0.29, 0.717) is 50.4 Å². The summed E-state index contributed by atoms with van der Waals surface area (Å²) in [6, 6.07) is 8.04. The number of benzene rings is 2. The molecule has 1 N–H and O–H groups in total. The molecule has 29 heavy (non-hydrogen) atoms. The number of carbonyl (C=O) groups is 1. The summed E-state index contributed by atoms with van der Waals surface area (Å²) >= 11 is 12.2. The fourth-order valence-corrected chi connectivity index (χ4v) is 3.64. The van der Waals surface area contributed by atoms with Gasteiger partial charge in [-0.1, -0.05) is 30.1 Å². The van der Waals surface area contributed by atoms with Crippen LogP contribution in [-0.2, 0) is 6.54 Å². The predicted octanol–water partition coefficient (Wildman–Crippen LogP) is 4.01. The lowest BCUT2D eigenvalue weighted by Crippen LogP contribution is -2.32. The van der Waals surface area contributed by atoms with E-state index in [1.807, 2.05) is 6.92 Å². The molecule has 1 aliphatic heterocycles. The zero-order valence-electron chi connectivity index (χ0n) is 15.5. The van der Waals surface area contributed by atoms with Crippen LogP contribution in [0.3, 0.4) is 0 Å². The maximum Gasteiger partial charge on any atom is 0.258 e. The van der Waals surface area contributed by atoms with Gasteiger partial charge in [-0.15, -0.1) is 0 Å². The van der Waals surface area contributed by atoms with Crippen LogP contribution < -0.4 is 15.0 Å². The first-order valence-corrected chi connectivity index (χ1v) is 9.78. The molecule has 9 heteroatoms. The molecule has 1 aromatic heterocycles. The molecule has 0 aliphatic carbocycles. The van der Waals surface area contributed by atoms with Crippen molar-refractivity contribution in [3.8, 4) is 11.5 Å². The Morgan fingerprint density at radius 1 is 1.24 bits per heavy atom. The largest absolute Gasteiger partial charge is 0.454 e. The maximum absolute atomic E-state index is 13.1. The Labute approximate surface area is 176 Å². The van der Waals surface area contributed by atoms with Crippen molar-refractivity contribution in [1.29, 1.82) is 0 Å². The van der Waals surface area contributed by atoms with Gasteiger partial charge in [-0.05, 0) is 36.8 Å². The lowest BCUT2D eigenvalue weighted by Gasteiger charge is -2.22. The fourth-order valence-electron chi connectivity index (χ4n) is 3.21. The number of aromatic amines is 1. The fraction of sp³-hybridized carbons (Fsp3) is 0.250. The highest BCUT2D eigenvalue weighted by Gasteiger charge is 2.24. The number of nitrogens with one attached hydrogen (secondary N) is 1. The molecule has 2 aromatic carbocycles. The van der Waals surface area contributed by atoms with Gasteiger partial charge in [0.2, 0.25) is 6.79 Å². The maximum atomic E-state index is 13.1. The normalized spacial score (nSPS) is 12.4. The molecule has 2 heterocycles. The Morgan fingerprint density at radius 2 is 2.07 bits per heavy atom. The monoisotopic (exact) mass is 433 g/mol. The molecule has 0 atom stereocenters. The quantitative estimate of drug-likeness (QED) is 0.656. The highest BCUT2D eigenvalue weighted by molar-refractivity contribution is 6.32. The molecular weight excluding hydrogens is 417 g/mol. The van der Waals surface area contributed by atoms with Gasteiger partial charge in [0.25, 0.3) is 11.5 Å². The van der Waals surface area contributed by atoms with Crippen LogP contribution in [0.4, 0.5) is 0 Å². The molecule has 0 unspecified atom stereocenters. The number of nitrogens with zero attached hydrogens (tertiary/aromatic N) is 2. The van der Waals surface area contributed by atoms with E-state index in [1.165, 1.54) is 0 Å². The van der Waals surface area contributed by atoms with E-state index < -0.39 is 0 Å². The molecule has 0 radical (unpaired) electrons. The van der Waals surface area contributed by atoms with E-state index in [2.05, 4.69) is 9.97 Å². The van der Waals surface area contributed by atoms with E-state index >= 15 is 0 Å². The molecule has 0 saturated carbocycles. The molecule has 0 fully saturated rings. The van der Waals surface area contributed by atoms with Crippen molar-refractivity contribution in [1.82, 2.24) is 14.9 Å². The summed E-state index contributed by atoms with van der Waals surface area (Å²) in [5.41, 5.74) is 0.571. The molecule has 0 bridgehead atoms. The zero-order chi connectivity index (χ0) is 20.5. The van der Waals surface area contributed by atoms with Crippen molar-refractivity contribution >= 4 is 40.0 Å². The Morgan fingerprint density at radius 3 is 2.86 bits per heavy atom. The second-order valence-electron chi connectivity index (χ2n) is 6.59. The van der Waals surface area contributed by atoms with Crippen molar-refractivity contribution in [2.75, 3.05) is 13.3 Å². The molecule has 0 spiro atoms. The predicted molar refractivity (Wildman–Crippen MR) is 110 cm³/mol. The van der Waals surface area contributed by atoms with Gasteiger partial charge in [-0.25, -0.2) is 4.98 Å². The minimum absolute atomic E-state index is 0.0657. The number of hydrogen-bond acceptors (Lipinski definition) is 5. The number of halogens is 2. The molecular formula is C20H17Cl2N3O4. The second kappa shape index (κ2) is 7.93. The van der Waals surface area contributed by atoms with Crippen molar-refractivity contribution in [2.24, 2.45) is 0 Å². The van der Waals surface area contributed by atoms with E-state index in [0.717, 1.165) is 6.42 Å². The number of ether oxygens (including phenoxy) is 2. The van der Waals surface area contributed by atoms with Crippen LogP contribution in [0, 0.1) is 0 Å². The summed E-state index contributed by atoms with van der Waals surface area (Å²) < 4.78 is 10.6. The molecule has 0 saturated heterocycles. The second-order valence-corrected chi connectivity index (χ2v) is 7.44. The van der Waals surface area contributed by atoms with Gasteiger partial charge in [0.05, 0.1) is 22.5 Å². The van der Waals surface area contributed by atoms with Gasteiger partial charge >= 0.3 is 0 Å². The lowest BCUT2D eigenvalue weighted by atomic mass is 10.1. The van der Waals surface area contributed by atoms with Gasteiger partial charge < -0.3 is 19.4 Å². The third kappa shape index (κ3) is 3.88. The van der Waals surface area contributed by atoms with E-state index in [9.17, 15) is 9.59 Å². The number of amides is 1. The number of carbonyl (C=O) groups excluding carboxylic acids is 1. The van der Waals surface area contributed by atoms with Crippen LogP contribution >= 0.6 is 23.2 Å². The number of fused-ring (bicyclic) bond motifs is 2. The first kappa shape index (κ1) is 19.5. The average molecular weight is 434 g/mol. The van der Waals surface area contributed by atoms with Gasteiger partial charge in [0, 0.05) is 17.1 Å². The lowest BCUT2D eigenvalue weighted by molar-refractivity contribution is 0.0738. The van der Waals surface area contributed by atoms with Gasteiger partial charge in [-0.3, -0.25) is 9.59 Å². The summed E-state index contributed by atoms with van der Waals surface area (Å²) in [4.78, 5) is 34.3. The highest BCUT2D eigenvalue weighted by atomic mass is 35.5. The van der Waals surface area contributed by atoms with Crippen LogP contribution in [0.5, 0.6) is 11.5 Å². The van der Waals surface area contributed by atoms with Crippen molar-refractivity contribution in [3.63, 3.8) is 0 Å². The Hall–Kier alpha value is -2.77. The summed E-state index contributed by atoms with van der Waals surface area (Å²) in [5, 5.41) is 1.23. The third-order valence-corrected chi connectivity index (χ3v) is 5.03. The summed E-state index contributed by atoms with van der Waals surface area (Å²) in [7, 11) is 0. The van der Waals surface area contributed by atoms with Crippen LogP contribution in [0.15, 0.2) is 35.1 Å². The minimum atomic E-state index is -0.281. The summed E-state index contributed by atoms with van der Waals surface area (Å²) in [6.07, 6.45) is 0.730. The molecule has 1 aliphatic rings. The summed E-state index contributed by atoms with van der Waals surface area (Å²) in [5.74, 6) is 0.992. The summed E-state index contributed by atoms with van der Waals surface area (Å²) in [6.45, 7) is 2.64. The van der Waals surface area contributed by atoms with Gasteiger partial charge in [0.1, 0.15) is 5.82 Å². The molecule has 4 rings (SSSR count). The van der Waals surface area contributed by atoms with Crippen LogP contribution in [0.25, 0.3) is 10.9 Å². The van der Waals surface area contributed by atoms with Gasteiger partial charge in [0.15, 0.2) is 11.5 Å². The van der Waals surface area contributed by atoms with Crippen molar-refractivity contribution in [3.05, 3.63) is 62.1 Å². The van der Waals surface area contributed by atoms with Crippen LogP contribution in [0.1, 0.15) is 29.5 Å². The smallest absolute Gasteiger partial charge is 0.258 e. The molecule has 1 amide bonds. The van der Waals surface area contributed by atoms with Crippen molar-refractivity contribution in [2.45, 2.75) is 19.9 Å². The average Bonchev–Trinajstić information content (AvgIpc) is 3.16. The number of hydrogen-bond donors (Lipinski definition) is 1. The SMILES string of the molecule is CCCN(Cc1nc2cc(Cl)ccc2c(=O)[nH]1)C(=O)c1cc(Cl)c2c(c1)OCO2. The molecule has 3 aromatic rings. The van der Waals surface area contributed by atoms with Crippen LogP contribution in [0.2, 0.25) is 10.0 Å². The molecule has 7 nitrogen and oxygen atoms in total. The molecule has 150 valence electrons. The number of H-pyrrole nitrogens is 1. The van der Waals surface area contributed by atoms with Crippen molar-refractivity contribution < 1.29 is 14.3 Å². The first-order chi connectivity index (χ1) is 14.0. The van der Waals surface area contributed by atoms with Crippen LogP contribution in [-0.4, -0.2) is 34.1 Å². The zero-order valence-corrected chi connectivity index (χ0v) is 17.0. The highest BCUT2D eigenvalue weighted by Crippen LogP contribution is 2.40. The first-order valence-electron chi connectivity index (χ1n) is 9.03. The van der Waals surface area contributed by atoms with Gasteiger partial charge in [-0.2, -0.15) is 0 Å². The Bertz CT molecular complexity index is 1160. The number of rotatable bonds is 5. The minimum Gasteiger partial charge on any atom is -0.454 e. The third-order valence-electron chi connectivity index (χ3n) is 4.51. The van der Waals surface area contributed by atoms with E-state index in [1.54, 1.807) is 35.2 Å². The standard InChI is InChI=1S/C20H17Cl2N3O4/c1-2-5-25(20(27)11-6-14(22)18-16(7-11)28-10-29-18)9-17-23-15-8-12(21)3-4-13(15)19(26)24-17/h3-4,6-8H,2,5,9-10H2,1H3,(H,23,24,26). The Kier molecular flexibility index (Phi) is 5.34. The Balaban J connectivity index is 1.66.